The summed E-state index contributed by atoms with van der Waals surface area (Å²) in [6.45, 7) is 1.06. The lowest BCUT2D eigenvalue weighted by molar-refractivity contribution is -0.117. The van der Waals surface area contributed by atoms with Crippen LogP contribution in [0.5, 0.6) is 0 Å². The Labute approximate surface area is 144 Å². The number of anilines is 1. The van der Waals surface area contributed by atoms with Gasteiger partial charge in [-0.25, -0.2) is 4.39 Å². The highest BCUT2D eigenvalue weighted by Crippen LogP contribution is 2.18. The minimum atomic E-state index is -0.232. The van der Waals surface area contributed by atoms with Crippen molar-refractivity contribution in [3.8, 4) is 0 Å². The molecule has 0 aromatic heterocycles. The number of benzene rings is 2. The van der Waals surface area contributed by atoms with Crippen molar-refractivity contribution in [2.75, 3.05) is 31.2 Å². The third-order valence-corrected chi connectivity index (χ3v) is 4.30. The Morgan fingerprint density at radius 2 is 2.00 bits per heavy atom. The van der Waals surface area contributed by atoms with E-state index in [0.29, 0.717) is 17.3 Å². The zero-order chi connectivity index (χ0) is 16.7. The second-order valence-corrected chi connectivity index (χ2v) is 6.70. The summed E-state index contributed by atoms with van der Waals surface area (Å²) in [6, 6.07) is 13.5. The Bertz CT molecular complexity index is 651. The van der Waals surface area contributed by atoms with E-state index < -0.39 is 0 Å². The highest BCUT2D eigenvalue weighted by Gasteiger charge is 2.07. The minimum Gasteiger partial charge on any atom is -0.325 e. The Morgan fingerprint density at radius 3 is 2.70 bits per heavy atom. The molecule has 0 aliphatic heterocycles. The van der Waals surface area contributed by atoms with Gasteiger partial charge in [0, 0.05) is 27.9 Å². The standard InChI is InChI=1S/C17H18ClFN2OS/c1-21(9-10-23-16-7-5-14(19)6-8-16)12-17(22)20-15-4-2-3-13(18)11-15/h2-8,11H,9-10,12H2,1H3,(H,20,22). The smallest absolute Gasteiger partial charge is 0.238 e. The van der Waals surface area contributed by atoms with E-state index in [0.717, 1.165) is 17.2 Å². The molecule has 0 spiro atoms. The van der Waals surface area contributed by atoms with Crippen molar-refractivity contribution in [3.05, 3.63) is 59.4 Å². The first-order valence-corrected chi connectivity index (χ1v) is 8.51. The van der Waals surface area contributed by atoms with Crippen molar-refractivity contribution in [2.24, 2.45) is 0 Å². The molecular weight excluding hydrogens is 335 g/mol. The van der Waals surface area contributed by atoms with Gasteiger partial charge in [-0.2, -0.15) is 0 Å². The molecule has 0 saturated heterocycles. The van der Waals surface area contributed by atoms with E-state index in [1.165, 1.54) is 12.1 Å². The fraction of sp³-hybridized carbons (Fsp3) is 0.235. The third-order valence-electron chi connectivity index (χ3n) is 3.08. The molecule has 2 rings (SSSR count). The number of hydrogen-bond donors (Lipinski definition) is 1. The summed E-state index contributed by atoms with van der Waals surface area (Å²) in [6.07, 6.45) is 0. The lowest BCUT2D eigenvalue weighted by atomic mass is 10.3. The van der Waals surface area contributed by atoms with Gasteiger partial charge < -0.3 is 5.32 Å². The topological polar surface area (TPSA) is 32.3 Å². The summed E-state index contributed by atoms with van der Waals surface area (Å²) in [7, 11) is 1.89. The maximum atomic E-state index is 12.8. The number of carbonyl (C=O) groups is 1. The van der Waals surface area contributed by atoms with Crippen molar-refractivity contribution in [2.45, 2.75) is 4.90 Å². The summed E-state index contributed by atoms with van der Waals surface area (Å²) in [5.41, 5.74) is 0.691. The van der Waals surface area contributed by atoms with Gasteiger partial charge >= 0.3 is 0 Å². The predicted octanol–water partition coefficient (Wildman–Crippen LogP) is 4.14. The van der Waals surface area contributed by atoms with E-state index in [4.69, 9.17) is 11.6 Å². The number of nitrogens with one attached hydrogen (secondary N) is 1. The molecule has 0 atom stereocenters. The molecule has 122 valence electrons. The van der Waals surface area contributed by atoms with Crippen molar-refractivity contribution in [3.63, 3.8) is 0 Å². The molecule has 0 radical (unpaired) electrons. The minimum absolute atomic E-state index is 0.0819. The van der Waals surface area contributed by atoms with Crippen molar-refractivity contribution in [1.29, 1.82) is 0 Å². The Hall–Kier alpha value is -1.56. The van der Waals surface area contributed by atoms with Crippen LogP contribution in [-0.2, 0) is 4.79 Å². The molecule has 0 unspecified atom stereocenters. The molecule has 3 nitrogen and oxygen atoms in total. The highest BCUT2D eigenvalue weighted by atomic mass is 35.5. The summed E-state index contributed by atoms with van der Waals surface area (Å²) >= 11 is 7.52. The van der Waals surface area contributed by atoms with Crippen LogP contribution in [-0.4, -0.2) is 36.7 Å². The van der Waals surface area contributed by atoms with Crippen LogP contribution in [0.1, 0.15) is 0 Å². The van der Waals surface area contributed by atoms with Crippen LogP contribution >= 0.6 is 23.4 Å². The first kappa shape index (κ1) is 17.8. The maximum Gasteiger partial charge on any atom is 0.238 e. The summed E-state index contributed by atoms with van der Waals surface area (Å²) in [4.78, 5) is 14.9. The van der Waals surface area contributed by atoms with Crippen LogP contribution in [0.15, 0.2) is 53.4 Å². The average Bonchev–Trinajstić information content (AvgIpc) is 2.49. The lowest BCUT2D eigenvalue weighted by Gasteiger charge is -2.16. The molecule has 2 aromatic rings. The number of hydrogen-bond acceptors (Lipinski definition) is 3. The van der Waals surface area contributed by atoms with Gasteiger partial charge in [0.15, 0.2) is 0 Å². The van der Waals surface area contributed by atoms with E-state index in [2.05, 4.69) is 5.32 Å². The molecule has 6 heteroatoms. The molecule has 0 aliphatic rings. The van der Waals surface area contributed by atoms with E-state index >= 15 is 0 Å². The molecule has 23 heavy (non-hydrogen) atoms. The molecule has 0 fully saturated rings. The zero-order valence-corrected chi connectivity index (χ0v) is 14.3. The van der Waals surface area contributed by atoms with Crippen LogP contribution in [0, 0.1) is 5.82 Å². The van der Waals surface area contributed by atoms with E-state index in [1.54, 1.807) is 48.2 Å². The van der Waals surface area contributed by atoms with Gasteiger partial charge in [-0.05, 0) is 49.5 Å². The second kappa shape index (κ2) is 8.91. The third kappa shape index (κ3) is 6.60. The SMILES string of the molecule is CN(CCSc1ccc(F)cc1)CC(=O)Nc1cccc(Cl)c1. The zero-order valence-electron chi connectivity index (χ0n) is 12.8. The highest BCUT2D eigenvalue weighted by molar-refractivity contribution is 7.99. The number of halogens is 2. The summed E-state index contributed by atoms with van der Waals surface area (Å²) in [5, 5.41) is 3.40. The normalized spacial score (nSPS) is 10.8. The number of likely N-dealkylation sites (N-methyl/N-ethyl adjacent to an activating group) is 1. The van der Waals surface area contributed by atoms with Crippen LogP contribution in [0.3, 0.4) is 0 Å². The quantitative estimate of drug-likeness (QED) is 0.760. The van der Waals surface area contributed by atoms with Crippen LogP contribution in [0.2, 0.25) is 5.02 Å². The van der Waals surface area contributed by atoms with Gasteiger partial charge in [-0.15, -0.1) is 11.8 Å². The van der Waals surface area contributed by atoms with Gasteiger partial charge in [-0.1, -0.05) is 17.7 Å². The van der Waals surface area contributed by atoms with Crippen LogP contribution in [0.25, 0.3) is 0 Å². The van der Waals surface area contributed by atoms with Crippen molar-refractivity contribution in [1.82, 2.24) is 4.90 Å². The van der Waals surface area contributed by atoms with Crippen molar-refractivity contribution >= 4 is 35.0 Å². The first-order chi connectivity index (χ1) is 11.0. The fourth-order valence-corrected chi connectivity index (χ4v) is 3.10. The molecule has 0 aliphatic carbocycles. The number of rotatable bonds is 7. The fourth-order valence-electron chi connectivity index (χ4n) is 1.94. The molecule has 1 N–H and O–H groups in total. The molecule has 1 amide bonds. The molecule has 0 bridgehead atoms. The summed E-state index contributed by atoms with van der Waals surface area (Å²) < 4.78 is 12.8. The maximum absolute atomic E-state index is 12.8. The molecule has 0 heterocycles. The van der Waals surface area contributed by atoms with E-state index in [9.17, 15) is 9.18 Å². The number of nitrogens with zero attached hydrogens (tertiary/aromatic N) is 1. The van der Waals surface area contributed by atoms with Gasteiger partial charge in [0.05, 0.1) is 6.54 Å². The predicted molar refractivity (Wildman–Crippen MR) is 94.7 cm³/mol. The number of amides is 1. The molecule has 0 saturated carbocycles. The van der Waals surface area contributed by atoms with Crippen molar-refractivity contribution < 1.29 is 9.18 Å². The van der Waals surface area contributed by atoms with Crippen LogP contribution in [0.4, 0.5) is 10.1 Å². The summed E-state index contributed by atoms with van der Waals surface area (Å²) in [5.74, 6) is 0.512. The Kier molecular flexibility index (Phi) is 6.89. The largest absolute Gasteiger partial charge is 0.325 e. The molecule has 2 aromatic carbocycles. The van der Waals surface area contributed by atoms with Gasteiger partial charge in [0.1, 0.15) is 5.82 Å². The monoisotopic (exact) mass is 352 g/mol. The number of carbonyl (C=O) groups excluding carboxylic acids is 1. The second-order valence-electron chi connectivity index (χ2n) is 5.10. The van der Waals surface area contributed by atoms with Gasteiger partial charge in [0.25, 0.3) is 0 Å². The lowest BCUT2D eigenvalue weighted by Crippen LogP contribution is -2.31. The average molecular weight is 353 g/mol. The Morgan fingerprint density at radius 1 is 1.26 bits per heavy atom. The van der Waals surface area contributed by atoms with E-state index in [-0.39, 0.29) is 11.7 Å². The van der Waals surface area contributed by atoms with E-state index in [1.807, 2.05) is 11.9 Å². The molecular formula is C17H18ClFN2OS. The van der Waals surface area contributed by atoms with Gasteiger partial charge in [0.2, 0.25) is 5.91 Å². The first-order valence-electron chi connectivity index (χ1n) is 7.15. The number of thioether (sulfide) groups is 1. The van der Waals surface area contributed by atoms with Crippen LogP contribution < -0.4 is 5.32 Å². The van der Waals surface area contributed by atoms with Gasteiger partial charge in [-0.3, -0.25) is 9.69 Å². The Balaban J connectivity index is 1.70.